The normalized spacial score (nSPS) is 13.3. The summed E-state index contributed by atoms with van der Waals surface area (Å²) in [7, 11) is 0. The molecule has 0 radical (unpaired) electrons. The van der Waals surface area contributed by atoms with Crippen LogP contribution in [0.4, 0.5) is 0 Å². The summed E-state index contributed by atoms with van der Waals surface area (Å²) in [4.78, 5) is 12.5. The van der Waals surface area contributed by atoms with E-state index >= 15 is 0 Å². The molecule has 2 nitrogen and oxygen atoms in total. The lowest BCUT2D eigenvalue weighted by Crippen LogP contribution is -2.31. The van der Waals surface area contributed by atoms with Gasteiger partial charge in [-0.2, -0.15) is 0 Å². The molecule has 0 saturated carbocycles. The average Bonchev–Trinajstić information content (AvgIpc) is 2.83. The summed E-state index contributed by atoms with van der Waals surface area (Å²) in [5.41, 5.74) is -0.595. The zero-order valence-corrected chi connectivity index (χ0v) is 22.4. The van der Waals surface area contributed by atoms with Crippen molar-refractivity contribution in [3.63, 3.8) is 0 Å². The molecule has 0 bridgehead atoms. The summed E-state index contributed by atoms with van der Waals surface area (Å²) in [5, 5.41) is 10.2. The summed E-state index contributed by atoms with van der Waals surface area (Å²) < 4.78 is 0. The Bertz CT molecular complexity index is 567. The summed E-state index contributed by atoms with van der Waals surface area (Å²) in [6.07, 6.45) is 40.5. The second-order valence-electron chi connectivity index (χ2n) is 9.02. The minimum absolute atomic E-state index is 0.595. The van der Waals surface area contributed by atoms with Crippen LogP contribution in [0.1, 0.15) is 117 Å². The largest absolute Gasteiger partial charge is 0.481 e. The monoisotopic (exact) mass is 468 g/mol. The molecule has 0 aliphatic carbocycles. The molecule has 0 heterocycles. The number of aliphatic carboxylic acids is 1. The zero-order valence-electron chi connectivity index (χ0n) is 22.4. The highest BCUT2D eigenvalue weighted by molar-refractivity contribution is 5.74. The average molecular weight is 469 g/mol. The molecule has 0 unspecified atom stereocenters. The Balaban J connectivity index is 4.81. The lowest BCUT2D eigenvalue weighted by atomic mass is 9.74. The van der Waals surface area contributed by atoms with E-state index in [1.54, 1.807) is 0 Å². The van der Waals surface area contributed by atoms with Crippen molar-refractivity contribution in [1.82, 2.24) is 0 Å². The van der Waals surface area contributed by atoms with Gasteiger partial charge in [-0.1, -0.05) is 93.7 Å². The van der Waals surface area contributed by atoms with Crippen LogP contribution in [0.3, 0.4) is 0 Å². The fourth-order valence-corrected chi connectivity index (χ4v) is 4.04. The van der Waals surface area contributed by atoms with Gasteiger partial charge in [-0.15, -0.1) is 0 Å². The van der Waals surface area contributed by atoms with E-state index in [0.29, 0.717) is 0 Å². The molecule has 0 spiro atoms. The molecule has 192 valence electrons. The van der Waals surface area contributed by atoms with Crippen LogP contribution < -0.4 is 0 Å². The van der Waals surface area contributed by atoms with Gasteiger partial charge in [0.25, 0.3) is 0 Å². The van der Waals surface area contributed by atoms with E-state index < -0.39 is 11.4 Å². The molecule has 0 saturated heterocycles. The lowest BCUT2D eigenvalue weighted by Gasteiger charge is -2.29. The molecule has 0 aliphatic heterocycles. The summed E-state index contributed by atoms with van der Waals surface area (Å²) in [6.45, 7) is 6.43. The van der Waals surface area contributed by atoms with Gasteiger partial charge in [0, 0.05) is 0 Å². The van der Waals surface area contributed by atoms with Gasteiger partial charge in [-0.25, -0.2) is 0 Å². The number of rotatable bonds is 22. The van der Waals surface area contributed by atoms with Crippen molar-refractivity contribution in [2.75, 3.05) is 0 Å². The molecule has 0 fully saturated rings. The third-order valence-corrected chi connectivity index (χ3v) is 6.06. The number of hydrogen-bond donors (Lipinski definition) is 1. The highest BCUT2D eigenvalue weighted by atomic mass is 16.4. The Labute approximate surface area is 211 Å². The maximum atomic E-state index is 12.5. The van der Waals surface area contributed by atoms with Crippen LogP contribution in [0.5, 0.6) is 0 Å². The van der Waals surface area contributed by atoms with Crippen molar-refractivity contribution < 1.29 is 9.90 Å². The number of carboxylic acids is 1. The van der Waals surface area contributed by atoms with Crippen LogP contribution in [-0.4, -0.2) is 11.1 Å². The maximum Gasteiger partial charge on any atom is 0.309 e. The number of allylic oxidation sites excluding steroid dienone is 12. The van der Waals surface area contributed by atoms with E-state index in [4.69, 9.17) is 0 Å². The summed E-state index contributed by atoms with van der Waals surface area (Å²) >= 11 is 0. The molecule has 2 heteroatoms. The third kappa shape index (κ3) is 18.3. The lowest BCUT2D eigenvalue weighted by molar-refractivity contribution is -0.150. The van der Waals surface area contributed by atoms with Gasteiger partial charge in [-0.3, -0.25) is 4.79 Å². The topological polar surface area (TPSA) is 37.3 Å². The van der Waals surface area contributed by atoms with E-state index in [1.807, 2.05) is 0 Å². The maximum absolute atomic E-state index is 12.5. The quantitative estimate of drug-likeness (QED) is 0.127. The van der Waals surface area contributed by atoms with Crippen LogP contribution in [0.15, 0.2) is 72.9 Å². The Hall–Kier alpha value is -2.09. The number of hydrogen-bond acceptors (Lipinski definition) is 1. The highest BCUT2D eigenvalue weighted by Crippen LogP contribution is 2.37. The highest BCUT2D eigenvalue weighted by Gasteiger charge is 2.36. The van der Waals surface area contributed by atoms with Gasteiger partial charge in [0.05, 0.1) is 5.41 Å². The molecule has 34 heavy (non-hydrogen) atoms. The van der Waals surface area contributed by atoms with Gasteiger partial charge < -0.3 is 5.11 Å². The van der Waals surface area contributed by atoms with Crippen molar-refractivity contribution in [1.29, 1.82) is 0 Å². The molecule has 0 aromatic rings. The SMILES string of the molecule is CC/C=C/C/C=C/CCCC(CCC/C=C/C/C=C/CC)(CCC/C=C/C/C=C/CC)C(=O)O. The van der Waals surface area contributed by atoms with Crippen molar-refractivity contribution in [2.45, 2.75) is 117 Å². The zero-order chi connectivity index (χ0) is 25.2. The summed E-state index contributed by atoms with van der Waals surface area (Å²) in [6, 6.07) is 0. The number of carbonyl (C=O) groups is 1. The van der Waals surface area contributed by atoms with Gasteiger partial charge in [0.2, 0.25) is 0 Å². The van der Waals surface area contributed by atoms with E-state index in [9.17, 15) is 9.90 Å². The Kier molecular flexibility index (Phi) is 22.6. The van der Waals surface area contributed by atoms with Crippen LogP contribution in [0.2, 0.25) is 0 Å². The third-order valence-electron chi connectivity index (χ3n) is 6.06. The van der Waals surface area contributed by atoms with Crippen LogP contribution >= 0.6 is 0 Å². The Morgan fingerprint density at radius 1 is 0.529 bits per heavy atom. The molecule has 0 aromatic carbocycles. The molecular weight excluding hydrogens is 416 g/mol. The Morgan fingerprint density at radius 2 is 0.824 bits per heavy atom. The van der Waals surface area contributed by atoms with Gasteiger partial charge >= 0.3 is 5.97 Å². The predicted octanol–water partition coefficient (Wildman–Crippen LogP) is 10.3. The second kappa shape index (κ2) is 24.0. The van der Waals surface area contributed by atoms with Crippen LogP contribution in [0, 0.1) is 5.41 Å². The first-order chi connectivity index (χ1) is 16.6. The fraction of sp³-hybridized carbons (Fsp3) is 0.594. The first-order valence-corrected chi connectivity index (χ1v) is 13.8. The van der Waals surface area contributed by atoms with Crippen molar-refractivity contribution in [3.05, 3.63) is 72.9 Å². The molecule has 0 aromatic heterocycles. The first kappa shape index (κ1) is 31.9. The van der Waals surface area contributed by atoms with E-state index in [2.05, 4.69) is 93.7 Å². The van der Waals surface area contributed by atoms with Gasteiger partial charge in [-0.05, 0) is 96.3 Å². The molecule has 0 rings (SSSR count). The number of carboxylic acid groups (broad SMARTS) is 1. The minimum Gasteiger partial charge on any atom is -0.481 e. The fourth-order valence-electron chi connectivity index (χ4n) is 4.04. The Morgan fingerprint density at radius 3 is 1.09 bits per heavy atom. The van der Waals surface area contributed by atoms with Gasteiger partial charge in [0.1, 0.15) is 0 Å². The molecule has 1 N–H and O–H groups in total. The minimum atomic E-state index is -0.605. The van der Waals surface area contributed by atoms with Crippen molar-refractivity contribution >= 4 is 5.97 Å². The first-order valence-electron chi connectivity index (χ1n) is 13.8. The molecule has 0 atom stereocenters. The van der Waals surface area contributed by atoms with Crippen molar-refractivity contribution in [2.24, 2.45) is 5.41 Å². The van der Waals surface area contributed by atoms with E-state index in [0.717, 1.165) is 96.3 Å². The summed E-state index contributed by atoms with van der Waals surface area (Å²) in [5.74, 6) is -0.605. The predicted molar refractivity (Wildman–Crippen MR) is 151 cm³/mol. The molecule has 0 amide bonds. The van der Waals surface area contributed by atoms with Crippen LogP contribution in [-0.2, 0) is 4.79 Å². The second-order valence-corrected chi connectivity index (χ2v) is 9.02. The van der Waals surface area contributed by atoms with E-state index in [1.165, 1.54) is 0 Å². The van der Waals surface area contributed by atoms with Gasteiger partial charge in [0.15, 0.2) is 0 Å². The standard InChI is InChI=1S/C32H52O2/c1-4-7-10-13-16-19-22-25-28-32(31(33)34,29-26-23-20-17-14-11-8-5-2)30-27-24-21-18-15-12-9-6-3/h7-12,16-21H,4-6,13-15,22-30H2,1-3H3,(H,33,34)/b10-7+,11-8+,12-9+,19-16+,20-17+,21-18+. The molecule has 0 aliphatic rings. The number of unbranched alkanes of at least 4 members (excludes halogenated alkanes) is 3. The van der Waals surface area contributed by atoms with Crippen LogP contribution in [0.25, 0.3) is 0 Å². The molecular formula is C32H52O2. The van der Waals surface area contributed by atoms with E-state index in [-0.39, 0.29) is 0 Å². The van der Waals surface area contributed by atoms with Crippen molar-refractivity contribution in [3.8, 4) is 0 Å². The smallest absolute Gasteiger partial charge is 0.309 e.